The van der Waals surface area contributed by atoms with Gasteiger partial charge >= 0.3 is 0 Å². The van der Waals surface area contributed by atoms with E-state index >= 15 is 0 Å². The second-order valence-electron chi connectivity index (χ2n) is 5.42. The first kappa shape index (κ1) is 11.1. The zero-order chi connectivity index (χ0) is 9.90. The highest BCUT2D eigenvalue weighted by atomic mass is 14.5. The minimum atomic E-state index is 0.728. The highest BCUT2D eigenvalue weighted by molar-refractivity contribution is 4.94. The zero-order valence-corrected chi connectivity index (χ0v) is 9.90. The van der Waals surface area contributed by atoms with Crippen LogP contribution in [0.2, 0.25) is 0 Å². The molecule has 0 aromatic rings. The molecule has 78 valence electrons. The molecule has 0 amide bonds. The summed E-state index contributed by atoms with van der Waals surface area (Å²) in [5.74, 6) is 1.89. The molecule has 0 bridgehead atoms. The van der Waals surface area contributed by atoms with Gasteiger partial charge in [0.2, 0.25) is 0 Å². The topological polar surface area (TPSA) is 0 Å². The maximum absolute atomic E-state index is 2.47. The second kappa shape index (κ2) is 4.48. The Morgan fingerprint density at radius 3 is 2.23 bits per heavy atom. The van der Waals surface area contributed by atoms with Crippen LogP contribution in [0.5, 0.6) is 0 Å². The summed E-state index contributed by atoms with van der Waals surface area (Å²) in [6.45, 7) is 9.66. The maximum atomic E-state index is 2.47. The molecule has 0 nitrogen and oxygen atoms in total. The van der Waals surface area contributed by atoms with Gasteiger partial charge in [0.15, 0.2) is 0 Å². The molecule has 0 heteroatoms. The lowest BCUT2D eigenvalue weighted by atomic mass is 9.80. The molecular formula is C13H26. The van der Waals surface area contributed by atoms with Gasteiger partial charge in [-0.2, -0.15) is 0 Å². The van der Waals surface area contributed by atoms with Crippen molar-refractivity contribution in [2.75, 3.05) is 0 Å². The van der Waals surface area contributed by atoms with E-state index in [0.717, 1.165) is 17.3 Å². The van der Waals surface area contributed by atoms with Crippen LogP contribution in [0.25, 0.3) is 0 Å². The first-order valence-electron chi connectivity index (χ1n) is 6.10. The van der Waals surface area contributed by atoms with E-state index in [9.17, 15) is 0 Å². The molecule has 0 aromatic heterocycles. The Hall–Kier alpha value is 0. The average molecular weight is 182 g/mol. The average Bonchev–Trinajstić information content (AvgIpc) is 2.84. The van der Waals surface area contributed by atoms with Gasteiger partial charge in [-0.15, -0.1) is 0 Å². The van der Waals surface area contributed by atoms with Gasteiger partial charge in [0.25, 0.3) is 0 Å². The van der Waals surface area contributed by atoms with Gasteiger partial charge in [0, 0.05) is 0 Å². The Labute approximate surface area is 84.1 Å². The lowest BCUT2D eigenvalue weighted by Gasteiger charge is -2.25. The van der Waals surface area contributed by atoms with E-state index in [1.165, 1.54) is 38.5 Å². The molecule has 0 saturated heterocycles. The molecule has 1 saturated carbocycles. The van der Waals surface area contributed by atoms with E-state index in [-0.39, 0.29) is 0 Å². The largest absolute Gasteiger partial charge is 0.0654 e. The van der Waals surface area contributed by atoms with Crippen molar-refractivity contribution >= 4 is 0 Å². The molecular weight excluding hydrogens is 156 g/mol. The van der Waals surface area contributed by atoms with Gasteiger partial charge in [-0.05, 0) is 30.1 Å². The maximum Gasteiger partial charge on any atom is -0.0297 e. The Kier molecular flexibility index (Phi) is 3.82. The van der Waals surface area contributed by atoms with Crippen LogP contribution in [-0.4, -0.2) is 0 Å². The van der Waals surface area contributed by atoms with Gasteiger partial charge in [0.1, 0.15) is 0 Å². The van der Waals surface area contributed by atoms with Gasteiger partial charge in [-0.25, -0.2) is 0 Å². The Balaban J connectivity index is 2.18. The molecule has 1 rings (SSSR count). The van der Waals surface area contributed by atoms with Crippen molar-refractivity contribution in [2.24, 2.45) is 17.3 Å². The third-order valence-corrected chi connectivity index (χ3v) is 4.25. The van der Waals surface area contributed by atoms with E-state index in [1.807, 2.05) is 0 Å². The standard InChI is InChI=1S/C13H26/c1-5-6-7-8-11(2)12(3)13(4)9-10-13/h11-12H,5-10H2,1-4H3. The van der Waals surface area contributed by atoms with Crippen LogP contribution < -0.4 is 0 Å². The molecule has 0 aliphatic heterocycles. The first-order valence-corrected chi connectivity index (χ1v) is 6.10. The monoisotopic (exact) mass is 182 g/mol. The molecule has 0 heterocycles. The fourth-order valence-electron chi connectivity index (χ4n) is 2.31. The summed E-state index contributed by atoms with van der Waals surface area (Å²) in [6.07, 6.45) is 8.63. The second-order valence-corrected chi connectivity index (χ2v) is 5.42. The summed E-state index contributed by atoms with van der Waals surface area (Å²) in [7, 11) is 0. The predicted molar refractivity (Wildman–Crippen MR) is 59.8 cm³/mol. The van der Waals surface area contributed by atoms with Crippen molar-refractivity contribution in [1.82, 2.24) is 0 Å². The van der Waals surface area contributed by atoms with Crippen LogP contribution in [0.1, 0.15) is 66.2 Å². The third-order valence-electron chi connectivity index (χ3n) is 4.25. The molecule has 0 N–H and O–H groups in total. The predicted octanol–water partition coefficient (Wildman–Crippen LogP) is 4.64. The smallest absolute Gasteiger partial charge is 0.0297 e. The van der Waals surface area contributed by atoms with Gasteiger partial charge < -0.3 is 0 Å². The summed E-state index contributed by atoms with van der Waals surface area (Å²) in [6, 6.07) is 0. The van der Waals surface area contributed by atoms with Crippen molar-refractivity contribution in [3.05, 3.63) is 0 Å². The molecule has 0 spiro atoms. The molecule has 1 aliphatic carbocycles. The molecule has 1 aliphatic rings. The number of hydrogen-bond donors (Lipinski definition) is 0. The van der Waals surface area contributed by atoms with E-state index < -0.39 is 0 Å². The zero-order valence-electron chi connectivity index (χ0n) is 9.90. The molecule has 2 atom stereocenters. The molecule has 1 fully saturated rings. The lowest BCUT2D eigenvalue weighted by Crippen LogP contribution is -2.17. The highest BCUT2D eigenvalue weighted by Gasteiger charge is 2.43. The lowest BCUT2D eigenvalue weighted by molar-refractivity contribution is 0.242. The van der Waals surface area contributed by atoms with Crippen LogP contribution in [0.4, 0.5) is 0 Å². The van der Waals surface area contributed by atoms with Crippen molar-refractivity contribution < 1.29 is 0 Å². The number of rotatable bonds is 6. The summed E-state index contributed by atoms with van der Waals surface area (Å²) in [5.41, 5.74) is 0.728. The van der Waals surface area contributed by atoms with Crippen LogP contribution in [0.3, 0.4) is 0 Å². The van der Waals surface area contributed by atoms with E-state index in [1.54, 1.807) is 0 Å². The normalized spacial score (nSPS) is 24.0. The highest BCUT2D eigenvalue weighted by Crippen LogP contribution is 2.54. The van der Waals surface area contributed by atoms with Crippen LogP contribution in [0.15, 0.2) is 0 Å². The first-order chi connectivity index (χ1) is 6.10. The van der Waals surface area contributed by atoms with Crippen LogP contribution in [0, 0.1) is 17.3 Å². The van der Waals surface area contributed by atoms with Crippen molar-refractivity contribution in [3.63, 3.8) is 0 Å². The minimum absolute atomic E-state index is 0.728. The number of unbranched alkanes of at least 4 members (excludes halogenated alkanes) is 2. The number of hydrogen-bond acceptors (Lipinski definition) is 0. The fourth-order valence-corrected chi connectivity index (χ4v) is 2.31. The van der Waals surface area contributed by atoms with Crippen molar-refractivity contribution in [3.8, 4) is 0 Å². The fraction of sp³-hybridized carbons (Fsp3) is 1.00. The van der Waals surface area contributed by atoms with E-state index in [4.69, 9.17) is 0 Å². The molecule has 0 radical (unpaired) electrons. The molecule has 0 aromatic carbocycles. The molecule has 2 unspecified atom stereocenters. The van der Waals surface area contributed by atoms with E-state index in [0.29, 0.717) is 0 Å². The molecule has 13 heavy (non-hydrogen) atoms. The Morgan fingerprint density at radius 1 is 1.15 bits per heavy atom. The van der Waals surface area contributed by atoms with Crippen molar-refractivity contribution in [2.45, 2.75) is 66.2 Å². The van der Waals surface area contributed by atoms with Gasteiger partial charge in [-0.3, -0.25) is 0 Å². The van der Waals surface area contributed by atoms with Crippen molar-refractivity contribution in [1.29, 1.82) is 0 Å². The van der Waals surface area contributed by atoms with Gasteiger partial charge in [-0.1, -0.05) is 53.4 Å². The summed E-state index contributed by atoms with van der Waals surface area (Å²) < 4.78 is 0. The third kappa shape index (κ3) is 3.00. The summed E-state index contributed by atoms with van der Waals surface area (Å²) in [4.78, 5) is 0. The van der Waals surface area contributed by atoms with Crippen LogP contribution >= 0.6 is 0 Å². The quantitative estimate of drug-likeness (QED) is 0.525. The SMILES string of the molecule is CCCCCC(C)C(C)C1(C)CC1. The Morgan fingerprint density at radius 2 is 1.77 bits per heavy atom. The summed E-state index contributed by atoms with van der Waals surface area (Å²) in [5, 5.41) is 0. The summed E-state index contributed by atoms with van der Waals surface area (Å²) >= 11 is 0. The van der Waals surface area contributed by atoms with Gasteiger partial charge in [0.05, 0.1) is 0 Å². The van der Waals surface area contributed by atoms with Crippen LogP contribution in [-0.2, 0) is 0 Å². The minimum Gasteiger partial charge on any atom is -0.0654 e. The van der Waals surface area contributed by atoms with E-state index in [2.05, 4.69) is 27.7 Å². The Bertz CT molecular complexity index is 144.